The molecule has 0 amide bonds. The molecule has 0 aliphatic carbocycles. The van der Waals surface area contributed by atoms with Gasteiger partial charge in [0, 0.05) is 11.8 Å². The second kappa shape index (κ2) is 5.10. The van der Waals surface area contributed by atoms with Crippen molar-refractivity contribution in [1.82, 2.24) is 9.55 Å². The maximum Gasteiger partial charge on any atom is 0.348 e. The summed E-state index contributed by atoms with van der Waals surface area (Å²) in [5.41, 5.74) is -0.383. The van der Waals surface area contributed by atoms with Crippen molar-refractivity contribution < 1.29 is 9.18 Å². The lowest BCUT2D eigenvalue weighted by Crippen LogP contribution is -2.25. The molecule has 18 heavy (non-hydrogen) atoms. The molecule has 1 aromatic heterocycles. The van der Waals surface area contributed by atoms with Gasteiger partial charge in [0.25, 0.3) is 0 Å². The van der Waals surface area contributed by atoms with Crippen molar-refractivity contribution in [2.24, 2.45) is 0 Å². The van der Waals surface area contributed by atoms with Crippen LogP contribution in [0.25, 0.3) is 0 Å². The predicted octanol–water partition coefficient (Wildman–Crippen LogP) is 1.92. The van der Waals surface area contributed by atoms with Crippen molar-refractivity contribution in [2.45, 2.75) is 6.54 Å². The summed E-state index contributed by atoms with van der Waals surface area (Å²) < 4.78 is 14.0. The van der Waals surface area contributed by atoms with E-state index in [1.54, 1.807) is 0 Å². The third-order valence-corrected chi connectivity index (χ3v) is 2.48. The average molecular weight is 267 g/mol. The Morgan fingerprint density at radius 1 is 1.44 bits per heavy atom. The van der Waals surface area contributed by atoms with Gasteiger partial charge in [0.1, 0.15) is 5.82 Å². The Morgan fingerprint density at radius 2 is 2.22 bits per heavy atom. The van der Waals surface area contributed by atoms with Crippen LogP contribution in [0.1, 0.15) is 10.4 Å². The molecule has 0 saturated heterocycles. The maximum absolute atomic E-state index is 13.0. The van der Waals surface area contributed by atoms with Crippen LogP contribution in [-0.4, -0.2) is 15.3 Å². The van der Waals surface area contributed by atoms with Gasteiger partial charge >= 0.3 is 5.69 Å². The summed E-state index contributed by atoms with van der Waals surface area (Å²) in [6.07, 6.45) is 2.52. The highest BCUT2D eigenvalue weighted by Gasteiger charge is 2.09. The minimum absolute atomic E-state index is 0.196. The van der Waals surface area contributed by atoms with Crippen molar-refractivity contribution in [2.75, 3.05) is 0 Å². The maximum atomic E-state index is 13.0. The van der Waals surface area contributed by atoms with Gasteiger partial charge in [-0.1, -0.05) is 23.7 Å². The number of benzene rings is 1. The Labute approximate surface area is 107 Å². The standard InChI is InChI=1S/C12H8ClFN2O2/c13-9-5-15-12(18)16(6-9)7-11(17)8-2-1-3-10(14)4-8/h1-6H,7H2. The van der Waals surface area contributed by atoms with Gasteiger partial charge in [0.2, 0.25) is 0 Å². The fourth-order valence-corrected chi connectivity index (χ4v) is 1.62. The van der Waals surface area contributed by atoms with E-state index in [2.05, 4.69) is 4.98 Å². The van der Waals surface area contributed by atoms with Gasteiger partial charge < -0.3 is 0 Å². The molecule has 0 spiro atoms. The number of aromatic nitrogens is 2. The number of Topliss-reactive ketones (excluding diaryl/α,β-unsaturated/α-hetero) is 1. The normalized spacial score (nSPS) is 10.3. The molecule has 0 N–H and O–H groups in total. The van der Waals surface area contributed by atoms with Gasteiger partial charge in [0.15, 0.2) is 5.78 Å². The Bertz CT molecular complexity index is 655. The number of carbonyl (C=O) groups is 1. The molecule has 0 saturated carbocycles. The van der Waals surface area contributed by atoms with Gasteiger partial charge in [-0.2, -0.15) is 0 Å². The fraction of sp³-hybridized carbons (Fsp3) is 0.0833. The molecule has 2 aromatic rings. The first-order chi connectivity index (χ1) is 8.56. The largest absolute Gasteiger partial charge is 0.348 e. The number of halogens is 2. The highest BCUT2D eigenvalue weighted by molar-refractivity contribution is 6.30. The van der Waals surface area contributed by atoms with Crippen LogP contribution < -0.4 is 5.69 Å². The summed E-state index contributed by atoms with van der Waals surface area (Å²) in [6, 6.07) is 5.27. The molecule has 0 fully saturated rings. The fourth-order valence-electron chi connectivity index (χ4n) is 1.45. The molecule has 0 unspecified atom stereocenters. The zero-order valence-electron chi connectivity index (χ0n) is 9.14. The predicted molar refractivity (Wildman–Crippen MR) is 64.2 cm³/mol. The molecular formula is C12H8ClFN2O2. The minimum atomic E-state index is -0.579. The van der Waals surface area contributed by atoms with Crippen LogP contribution in [0.15, 0.2) is 41.5 Å². The van der Waals surface area contributed by atoms with E-state index < -0.39 is 11.5 Å². The lowest BCUT2D eigenvalue weighted by Gasteiger charge is -2.04. The Kier molecular flexibility index (Phi) is 3.53. The zero-order chi connectivity index (χ0) is 13.1. The third-order valence-electron chi connectivity index (χ3n) is 2.28. The van der Waals surface area contributed by atoms with Crippen molar-refractivity contribution >= 4 is 17.4 Å². The van der Waals surface area contributed by atoms with Gasteiger partial charge in [-0.15, -0.1) is 0 Å². The highest BCUT2D eigenvalue weighted by atomic mass is 35.5. The summed E-state index contributed by atoms with van der Waals surface area (Å²) in [7, 11) is 0. The van der Waals surface area contributed by atoms with E-state index in [0.29, 0.717) is 0 Å². The summed E-state index contributed by atoms with van der Waals surface area (Å²) >= 11 is 5.68. The van der Waals surface area contributed by atoms with Crippen LogP contribution in [0.2, 0.25) is 5.02 Å². The molecular weight excluding hydrogens is 259 g/mol. The van der Waals surface area contributed by atoms with Gasteiger partial charge in [-0.05, 0) is 12.1 Å². The van der Waals surface area contributed by atoms with Crippen molar-refractivity contribution in [3.8, 4) is 0 Å². The topological polar surface area (TPSA) is 52.0 Å². The highest BCUT2D eigenvalue weighted by Crippen LogP contribution is 2.06. The molecule has 92 valence electrons. The lowest BCUT2D eigenvalue weighted by atomic mass is 10.1. The van der Waals surface area contributed by atoms with Gasteiger partial charge in [0.05, 0.1) is 17.8 Å². The SMILES string of the molecule is O=C(Cn1cc(Cl)cnc1=O)c1cccc(F)c1. The first-order valence-electron chi connectivity index (χ1n) is 5.07. The monoisotopic (exact) mass is 266 g/mol. The zero-order valence-corrected chi connectivity index (χ0v) is 9.89. The van der Waals surface area contributed by atoms with Crippen LogP contribution in [0.4, 0.5) is 4.39 Å². The van der Waals surface area contributed by atoms with E-state index in [0.717, 1.165) is 10.6 Å². The van der Waals surface area contributed by atoms with E-state index in [-0.39, 0.29) is 22.9 Å². The molecule has 6 heteroatoms. The van der Waals surface area contributed by atoms with Gasteiger partial charge in [-0.25, -0.2) is 14.2 Å². The second-order valence-electron chi connectivity index (χ2n) is 3.62. The van der Waals surface area contributed by atoms with Crippen molar-refractivity contribution in [3.05, 3.63) is 63.5 Å². The molecule has 0 aliphatic rings. The summed E-state index contributed by atoms with van der Waals surface area (Å²) in [4.78, 5) is 26.7. The molecule has 0 bridgehead atoms. The number of carbonyl (C=O) groups excluding carboxylic acids is 1. The van der Waals surface area contributed by atoms with Crippen molar-refractivity contribution in [3.63, 3.8) is 0 Å². The molecule has 0 aliphatic heterocycles. The molecule has 0 radical (unpaired) electrons. The van der Waals surface area contributed by atoms with Crippen molar-refractivity contribution in [1.29, 1.82) is 0 Å². The summed E-state index contributed by atoms with van der Waals surface area (Å²) in [5.74, 6) is -0.891. The van der Waals surface area contributed by atoms with E-state index in [4.69, 9.17) is 11.6 Å². The first-order valence-corrected chi connectivity index (χ1v) is 5.45. The summed E-state index contributed by atoms with van der Waals surface area (Å²) in [6.45, 7) is -0.226. The molecule has 1 heterocycles. The molecule has 4 nitrogen and oxygen atoms in total. The summed E-state index contributed by atoms with van der Waals surface area (Å²) in [5, 5.41) is 0.252. The quantitative estimate of drug-likeness (QED) is 0.798. The Hall–Kier alpha value is -2.01. The van der Waals surface area contributed by atoms with E-state index in [1.165, 1.54) is 30.6 Å². The number of hydrogen-bond acceptors (Lipinski definition) is 3. The molecule has 0 atom stereocenters. The molecule has 1 aromatic carbocycles. The smallest absolute Gasteiger partial charge is 0.292 e. The number of hydrogen-bond donors (Lipinski definition) is 0. The van der Waals surface area contributed by atoms with E-state index in [1.807, 2.05) is 0 Å². The number of nitrogens with zero attached hydrogens (tertiary/aromatic N) is 2. The second-order valence-corrected chi connectivity index (χ2v) is 4.05. The van der Waals surface area contributed by atoms with E-state index in [9.17, 15) is 14.0 Å². The lowest BCUT2D eigenvalue weighted by molar-refractivity contribution is 0.0970. The van der Waals surface area contributed by atoms with Gasteiger partial charge in [-0.3, -0.25) is 9.36 Å². The van der Waals surface area contributed by atoms with Crippen LogP contribution in [0, 0.1) is 5.82 Å². The average Bonchev–Trinajstić information content (AvgIpc) is 2.34. The third kappa shape index (κ3) is 2.81. The number of ketones is 1. The Balaban J connectivity index is 2.27. The molecule has 2 rings (SSSR count). The van der Waals surface area contributed by atoms with Crippen LogP contribution in [0.3, 0.4) is 0 Å². The van der Waals surface area contributed by atoms with Crippen LogP contribution in [-0.2, 0) is 6.54 Å². The minimum Gasteiger partial charge on any atom is -0.292 e. The Morgan fingerprint density at radius 3 is 2.94 bits per heavy atom. The van der Waals surface area contributed by atoms with E-state index >= 15 is 0 Å². The first kappa shape index (κ1) is 12.4. The van der Waals surface area contributed by atoms with Crippen LogP contribution in [0.5, 0.6) is 0 Å². The van der Waals surface area contributed by atoms with Crippen LogP contribution >= 0.6 is 11.6 Å². The number of rotatable bonds is 3.